The van der Waals surface area contributed by atoms with Crippen molar-refractivity contribution in [2.45, 2.75) is 6.92 Å². The first-order valence-electron chi connectivity index (χ1n) is 5.36. The summed E-state index contributed by atoms with van der Waals surface area (Å²) in [6, 6.07) is 5.37. The first kappa shape index (κ1) is 13.6. The molecule has 0 amide bonds. The molecule has 5 heteroatoms. The third kappa shape index (κ3) is 2.49. The Balaban J connectivity index is 2.56. The predicted molar refractivity (Wildman–Crippen MR) is 65.9 cm³/mol. The molecule has 0 aliphatic heterocycles. The summed E-state index contributed by atoms with van der Waals surface area (Å²) >= 11 is 5.67. The average molecular weight is 285 g/mol. The van der Waals surface area contributed by atoms with E-state index in [1.165, 1.54) is 19.1 Å². The maximum Gasteiger partial charge on any atom is 0.197 e. The SMILES string of the molecule is Cc1cc(C(=O)c2cccc(F)c2Cl)c(F)cc1F. The largest absolute Gasteiger partial charge is 0.288 e. The molecule has 0 aromatic heterocycles. The predicted octanol–water partition coefficient (Wildman–Crippen LogP) is 4.30. The smallest absolute Gasteiger partial charge is 0.197 e. The van der Waals surface area contributed by atoms with Crippen molar-refractivity contribution in [3.8, 4) is 0 Å². The van der Waals surface area contributed by atoms with Gasteiger partial charge in [0.15, 0.2) is 5.78 Å². The van der Waals surface area contributed by atoms with E-state index < -0.39 is 23.2 Å². The van der Waals surface area contributed by atoms with Gasteiger partial charge in [0.25, 0.3) is 0 Å². The van der Waals surface area contributed by atoms with Crippen LogP contribution >= 0.6 is 11.6 Å². The molecule has 1 nitrogen and oxygen atoms in total. The van der Waals surface area contributed by atoms with Gasteiger partial charge in [0, 0.05) is 11.6 Å². The van der Waals surface area contributed by atoms with Crippen LogP contribution in [0.5, 0.6) is 0 Å². The summed E-state index contributed by atoms with van der Waals surface area (Å²) in [5.41, 5.74) is -0.379. The molecule has 2 aromatic carbocycles. The van der Waals surface area contributed by atoms with Crippen molar-refractivity contribution in [2.75, 3.05) is 0 Å². The highest BCUT2D eigenvalue weighted by Crippen LogP contribution is 2.24. The molecule has 0 heterocycles. The van der Waals surface area contributed by atoms with Gasteiger partial charge >= 0.3 is 0 Å². The first-order chi connectivity index (χ1) is 8.91. The van der Waals surface area contributed by atoms with Gasteiger partial charge in [0.1, 0.15) is 17.5 Å². The Bertz CT molecular complexity index is 668. The number of benzene rings is 2. The lowest BCUT2D eigenvalue weighted by molar-refractivity contribution is 0.103. The van der Waals surface area contributed by atoms with Crippen LogP contribution in [-0.4, -0.2) is 5.78 Å². The second-order valence-corrected chi connectivity index (χ2v) is 4.39. The van der Waals surface area contributed by atoms with Gasteiger partial charge in [0.05, 0.1) is 10.6 Å². The molecule has 19 heavy (non-hydrogen) atoms. The third-order valence-corrected chi connectivity index (χ3v) is 3.07. The van der Waals surface area contributed by atoms with Gasteiger partial charge in [-0.05, 0) is 30.7 Å². The highest BCUT2D eigenvalue weighted by Gasteiger charge is 2.20. The quantitative estimate of drug-likeness (QED) is 0.752. The van der Waals surface area contributed by atoms with Crippen LogP contribution in [0.2, 0.25) is 5.02 Å². The molecule has 0 spiro atoms. The van der Waals surface area contributed by atoms with Gasteiger partial charge in [-0.2, -0.15) is 0 Å². The van der Waals surface area contributed by atoms with Gasteiger partial charge in [-0.25, -0.2) is 13.2 Å². The van der Waals surface area contributed by atoms with E-state index in [1.54, 1.807) is 0 Å². The van der Waals surface area contributed by atoms with E-state index in [0.29, 0.717) is 6.07 Å². The number of rotatable bonds is 2. The van der Waals surface area contributed by atoms with Crippen molar-refractivity contribution in [1.29, 1.82) is 0 Å². The molecule has 0 bridgehead atoms. The minimum absolute atomic E-state index is 0.122. The maximum atomic E-state index is 13.6. The van der Waals surface area contributed by atoms with Crippen molar-refractivity contribution in [2.24, 2.45) is 0 Å². The van der Waals surface area contributed by atoms with Crippen LogP contribution in [0, 0.1) is 24.4 Å². The fraction of sp³-hybridized carbons (Fsp3) is 0.0714. The zero-order valence-electron chi connectivity index (χ0n) is 9.81. The van der Waals surface area contributed by atoms with Crippen LogP contribution in [0.4, 0.5) is 13.2 Å². The first-order valence-corrected chi connectivity index (χ1v) is 5.74. The Kier molecular flexibility index (Phi) is 3.62. The standard InChI is InChI=1S/C14H8ClF3O/c1-7-5-9(12(18)6-11(7)17)14(19)8-3-2-4-10(16)13(8)15/h2-6H,1H3. The lowest BCUT2D eigenvalue weighted by Crippen LogP contribution is -2.07. The van der Waals surface area contributed by atoms with Crippen LogP contribution < -0.4 is 0 Å². The van der Waals surface area contributed by atoms with E-state index in [4.69, 9.17) is 11.6 Å². The Hall–Kier alpha value is -1.81. The number of halogens is 4. The summed E-state index contributed by atoms with van der Waals surface area (Å²) in [5.74, 6) is -3.32. The number of ketones is 1. The Morgan fingerprint density at radius 2 is 1.68 bits per heavy atom. The molecule has 0 atom stereocenters. The minimum atomic E-state index is -1.01. The van der Waals surface area contributed by atoms with Crippen LogP contribution in [-0.2, 0) is 0 Å². The Labute approximate surface area is 112 Å². The molecule has 0 N–H and O–H groups in total. The molecule has 0 saturated carbocycles. The summed E-state index contributed by atoms with van der Waals surface area (Å²) in [6.45, 7) is 1.40. The molecule has 0 fully saturated rings. The molecule has 2 rings (SSSR count). The number of hydrogen-bond donors (Lipinski definition) is 0. The summed E-state index contributed by atoms with van der Waals surface area (Å²) in [7, 11) is 0. The van der Waals surface area contributed by atoms with Gasteiger partial charge in [-0.1, -0.05) is 17.7 Å². The minimum Gasteiger partial charge on any atom is -0.288 e. The summed E-state index contributed by atoms with van der Waals surface area (Å²) in [5, 5.41) is -0.381. The van der Waals surface area contributed by atoms with E-state index >= 15 is 0 Å². The molecule has 0 saturated heterocycles. The van der Waals surface area contributed by atoms with Crippen molar-refractivity contribution in [1.82, 2.24) is 0 Å². The summed E-state index contributed by atoms with van der Waals surface area (Å²) < 4.78 is 40.0. The monoisotopic (exact) mass is 284 g/mol. The second kappa shape index (κ2) is 5.05. The van der Waals surface area contributed by atoms with Crippen LogP contribution in [0.25, 0.3) is 0 Å². The molecule has 0 aliphatic rings. The molecule has 2 aromatic rings. The highest BCUT2D eigenvalue weighted by molar-refractivity contribution is 6.35. The van der Waals surface area contributed by atoms with Crippen molar-refractivity contribution >= 4 is 17.4 Å². The average Bonchev–Trinajstić information content (AvgIpc) is 2.36. The van der Waals surface area contributed by atoms with Gasteiger partial charge in [0.2, 0.25) is 0 Å². The van der Waals surface area contributed by atoms with E-state index in [0.717, 1.165) is 12.1 Å². The molecule has 0 unspecified atom stereocenters. The van der Waals surface area contributed by atoms with Crippen molar-refractivity contribution in [3.63, 3.8) is 0 Å². The summed E-state index contributed by atoms with van der Waals surface area (Å²) in [4.78, 5) is 12.1. The van der Waals surface area contributed by atoms with Gasteiger partial charge in [-0.3, -0.25) is 4.79 Å². The highest BCUT2D eigenvalue weighted by atomic mass is 35.5. The zero-order valence-corrected chi connectivity index (χ0v) is 10.6. The van der Waals surface area contributed by atoms with E-state index in [-0.39, 0.29) is 21.7 Å². The van der Waals surface area contributed by atoms with Crippen molar-refractivity contribution in [3.05, 3.63) is 69.5 Å². The number of carbonyl (C=O) groups is 1. The lowest BCUT2D eigenvalue weighted by atomic mass is 10.0. The molecule has 0 aliphatic carbocycles. The second-order valence-electron chi connectivity index (χ2n) is 4.01. The maximum absolute atomic E-state index is 13.6. The topological polar surface area (TPSA) is 17.1 Å². The number of aryl methyl sites for hydroxylation is 1. The molecular weight excluding hydrogens is 277 g/mol. The number of hydrogen-bond acceptors (Lipinski definition) is 1. The van der Waals surface area contributed by atoms with Crippen LogP contribution in [0.15, 0.2) is 30.3 Å². The zero-order chi connectivity index (χ0) is 14.2. The molecular formula is C14H8ClF3O. The fourth-order valence-electron chi connectivity index (χ4n) is 1.66. The molecule has 98 valence electrons. The van der Waals surface area contributed by atoms with E-state index in [1.807, 2.05) is 0 Å². The van der Waals surface area contributed by atoms with Crippen LogP contribution in [0.3, 0.4) is 0 Å². The Morgan fingerprint density at radius 3 is 2.37 bits per heavy atom. The third-order valence-electron chi connectivity index (χ3n) is 2.69. The van der Waals surface area contributed by atoms with Crippen molar-refractivity contribution < 1.29 is 18.0 Å². The number of carbonyl (C=O) groups excluding carboxylic acids is 1. The van der Waals surface area contributed by atoms with Gasteiger partial charge in [-0.15, -0.1) is 0 Å². The lowest BCUT2D eigenvalue weighted by Gasteiger charge is -2.07. The van der Waals surface area contributed by atoms with Crippen LogP contribution in [0.1, 0.15) is 21.5 Å². The van der Waals surface area contributed by atoms with Gasteiger partial charge < -0.3 is 0 Å². The normalized spacial score (nSPS) is 10.6. The molecule has 0 radical (unpaired) electrons. The summed E-state index contributed by atoms with van der Waals surface area (Å²) in [6.07, 6.45) is 0. The fourth-order valence-corrected chi connectivity index (χ4v) is 1.87. The van der Waals surface area contributed by atoms with E-state index in [2.05, 4.69) is 0 Å². The Morgan fingerprint density at radius 1 is 1.00 bits per heavy atom. The van der Waals surface area contributed by atoms with E-state index in [9.17, 15) is 18.0 Å².